The molecule has 2 amide bonds. The Balaban J connectivity index is 1.34. The smallest absolute Gasteiger partial charge is 0.407 e. The number of carboxylic acids is 1. The first-order valence-corrected chi connectivity index (χ1v) is 11.7. The van der Waals surface area contributed by atoms with Crippen LogP contribution >= 0.6 is 11.6 Å². The summed E-state index contributed by atoms with van der Waals surface area (Å²) in [4.78, 5) is 36.3. The maximum Gasteiger partial charge on any atom is 0.407 e. The largest absolute Gasteiger partial charge is 0.478 e. The van der Waals surface area contributed by atoms with Crippen LogP contribution < -0.4 is 10.6 Å². The highest BCUT2D eigenvalue weighted by Gasteiger charge is 2.29. The number of carbonyl (C=O) groups excluding carboxylic acids is 2. The topological polar surface area (TPSA) is 105 Å². The van der Waals surface area contributed by atoms with Gasteiger partial charge < -0.3 is 20.5 Å². The zero-order valence-corrected chi connectivity index (χ0v) is 19.8. The predicted molar refractivity (Wildman–Crippen MR) is 134 cm³/mol. The Labute approximate surface area is 208 Å². The van der Waals surface area contributed by atoms with Gasteiger partial charge in [0.05, 0.1) is 16.3 Å². The summed E-state index contributed by atoms with van der Waals surface area (Å²) in [6, 6.07) is 19.8. The number of alkyl carbamates (subject to hydrolysis) is 1. The zero-order chi connectivity index (χ0) is 24.9. The van der Waals surface area contributed by atoms with Gasteiger partial charge in [0.1, 0.15) is 6.61 Å². The van der Waals surface area contributed by atoms with E-state index in [4.69, 9.17) is 21.4 Å². The number of benzene rings is 3. The second-order valence-electron chi connectivity index (χ2n) is 8.33. The lowest BCUT2D eigenvalue weighted by Gasteiger charge is -2.19. The summed E-state index contributed by atoms with van der Waals surface area (Å²) in [6.45, 7) is 2.03. The van der Waals surface area contributed by atoms with Gasteiger partial charge in [-0.15, -0.1) is 0 Å². The molecule has 35 heavy (non-hydrogen) atoms. The third-order valence-electron chi connectivity index (χ3n) is 6.08. The summed E-state index contributed by atoms with van der Waals surface area (Å²) >= 11 is 6.08. The lowest BCUT2D eigenvalue weighted by atomic mass is 9.98. The summed E-state index contributed by atoms with van der Waals surface area (Å²) in [5, 5.41) is 14.7. The van der Waals surface area contributed by atoms with Crippen molar-refractivity contribution in [1.82, 2.24) is 5.32 Å². The van der Waals surface area contributed by atoms with E-state index < -0.39 is 24.0 Å². The molecule has 1 atom stereocenters. The van der Waals surface area contributed by atoms with E-state index in [-0.39, 0.29) is 35.2 Å². The maximum atomic E-state index is 12.6. The van der Waals surface area contributed by atoms with Gasteiger partial charge in [0.25, 0.3) is 0 Å². The number of carboxylic acid groups (broad SMARTS) is 1. The van der Waals surface area contributed by atoms with Gasteiger partial charge in [0, 0.05) is 18.4 Å². The van der Waals surface area contributed by atoms with Gasteiger partial charge in [-0.1, -0.05) is 67.1 Å². The molecule has 7 nitrogen and oxygen atoms in total. The van der Waals surface area contributed by atoms with Crippen LogP contribution in [0.3, 0.4) is 0 Å². The van der Waals surface area contributed by atoms with Crippen molar-refractivity contribution in [3.8, 4) is 11.1 Å². The number of hydrogen-bond acceptors (Lipinski definition) is 4. The molecule has 8 heteroatoms. The second kappa shape index (κ2) is 10.6. The first kappa shape index (κ1) is 24.3. The van der Waals surface area contributed by atoms with Crippen molar-refractivity contribution in [2.75, 3.05) is 11.9 Å². The van der Waals surface area contributed by atoms with Crippen molar-refractivity contribution in [2.45, 2.75) is 31.7 Å². The molecule has 180 valence electrons. The van der Waals surface area contributed by atoms with Crippen LogP contribution in [-0.2, 0) is 9.53 Å². The Bertz CT molecular complexity index is 1230. The second-order valence-corrected chi connectivity index (χ2v) is 8.73. The lowest BCUT2D eigenvalue weighted by molar-refractivity contribution is -0.116. The van der Waals surface area contributed by atoms with Crippen molar-refractivity contribution in [2.24, 2.45) is 0 Å². The van der Waals surface area contributed by atoms with Crippen molar-refractivity contribution in [3.63, 3.8) is 0 Å². The van der Waals surface area contributed by atoms with E-state index >= 15 is 0 Å². The van der Waals surface area contributed by atoms with Gasteiger partial charge in [0.15, 0.2) is 0 Å². The predicted octanol–water partition coefficient (Wildman–Crippen LogP) is 5.68. The first-order chi connectivity index (χ1) is 16.9. The number of anilines is 1. The number of halogens is 1. The fraction of sp³-hybridized carbons (Fsp3) is 0.222. The zero-order valence-electron chi connectivity index (χ0n) is 19.1. The molecular formula is C27H25ClN2O5. The number of nitrogens with one attached hydrogen (secondary N) is 2. The summed E-state index contributed by atoms with van der Waals surface area (Å²) in [5.41, 5.74) is 4.74. The van der Waals surface area contributed by atoms with E-state index in [1.54, 1.807) is 0 Å². The summed E-state index contributed by atoms with van der Waals surface area (Å²) < 4.78 is 5.56. The fourth-order valence-electron chi connectivity index (χ4n) is 4.28. The Morgan fingerprint density at radius 2 is 1.63 bits per heavy atom. The normalized spacial score (nSPS) is 12.9. The Morgan fingerprint density at radius 3 is 2.23 bits per heavy atom. The van der Waals surface area contributed by atoms with E-state index in [0.29, 0.717) is 6.42 Å². The van der Waals surface area contributed by atoms with Crippen molar-refractivity contribution < 1.29 is 24.2 Å². The Morgan fingerprint density at radius 1 is 1.00 bits per heavy atom. The Hall–Kier alpha value is -3.84. The number of amides is 2. The third kappa shape index (κ3) is 5.46. The van der Waals surface area contributed by atoms with Crippen LogP contribution in [0.15, 0.2) is 66.7 Å². The van der Waals surface area contributed by atoms with Gasteiger partial charge in [-0.25, -0.2) is 9.59 Å². The molecule has 0 aromatic heterocycles. The Kier molecular flexibility index (Phi) is 7.36. The molecule has 0 bridgehead atoms. The summed E-state index contributed by atoms with van der Waals surface area (Å²) in [6.07, 6.45) is -0.119. The minimum Gasteiger partial charge on any atom is -0.478 e. The molecule has 3 aromatic carbocycles. The number of rotatable bonds is 8. The highest BCUT2D eigenvalue weighted by atomic mass is 35.5. The summed E-state index contributed by atoms with van der Waals surface area (Å²) in [5.74, 6) is -1.58. The quantitative estimate of drug-likeness (QED) is 0.375. The minimum absolute atomic E-state index is 0.00787. The van der Waals surface area contributed by atoms with Gasteiger partial charge in [-0.3, -0.25) is 4.79 Å². The van der Waals surface area contributed by atoms with Crippen molar-refractivity contribution >= 4 is 35.3 Å². The fourth-order valence-corrected chi connectivity index (χ4v) is 4.45. The van der Waals surface area contributed by atoms with Gasteiger partial charge in [-0.05, 0) is 46.9 Å². The van der Waals surface area contributed by atoms with Crippen LogP contribution in [0.25, 0.3) is 11.1 Å². The highest BCUT2D eigenvalue weighted by Crippen LogP contribution is 2.44. The van der Waals surface area contributed by atoms with Gasteiger partial charge in [-0.2, -0.15) is 0 Å². The molecule has 0 radical (unpaired) electrons. The number of aromatic carboxylic acids is 1. The third-order valence-corrected chi connectivity index (χ3v) is 6.41. The molecule has 0 fully saturated rings. The number of hydrogen-bond donors (Lipinski definition) is 3. The van der Waals surface area contributed by atoms with E-state index in [2.05, 4.69) is 22.8 Å². The highest BCUT2D eigenvalue weighted by molar-refractivity contribution is 6.33. The number of ether oxygens (including phenoxy) is 1. The maximum absolute atomic E-state index is 12.6. The van der Waals surface area contributed by atoms with E-state index in [9.17, 15) is 14.4 Å². The molecule has 0 aliphatic heterocycles. The average molecular weight is 493 g/mol. The molecule has 1 aliphatic carbocycles. The molecule has 0 spiro atoms. The van der Waals surface area contributed by atoms with Gasteiger partial charge >= 0.3 is 12.1 Å². The lowest BCUT2D eigenvalue weighted by Crippen LogP contribution is -2.38. The summed E-state index contributed by atoms with van der Waals surface area (Å²) in [7, 11) is 0. The molecular weight excluding hydrogens is 468 g/mol. The van der Waals surface area contributed by atoms with Crippen LogP contribution in [0.2, 0.25) is 5.02 Å². The van der Waals surface area contributed by atoms with Crippen molar-refractivity contribution in [1.29, 1.82) is 0 Å². The first-order valence-electron chi connectivity index (χ1n) is 11.3. The molecule has 1 aliphatic rings. The SMILES string of the molecule is CC[C@H](CC(=O)Nc1cc(C(=O)O)ccc1Cl)NC(=O)OCC1c2ccccc2-c2ccccc21. The average Bonchev–Trinajstić information content (AvgIpc) is 3.17. The molecule has 4 rings (SSSR count). The van der Waals surface area contributed by atoms with Crippen LogP contribution in [-0.4, -0.2) is 35.7 Å². The van der Waals surface area contributed by atoms with Gasteiger partial charge in [0.2, 0.25) is 5.91 Å². The minimum atomic E-state index is -1.12. The number of carbonyl (C=O) groups is 3. The van der Waals surface area contributed by atoms with Crippen LogP contribution in [0, 0.1) is 0 Å². The molecule has 0 saturated heterocycles. The molecule has 3 N–H and O–H groups in total. The molecule has 0 saturated carbocycles. The van der Waals surface area contributed by atoms with Crippen LogP contribution in [0.4, 0.5) is 10.5 Å². The van der Waals surface area contributed by atoms with E-state index in [1.165, 1.54) is 18.2 Å². The molecule has 0 heterocycles. The number of fused-ring (bicyclic) bond motifs is 3. The van der Waals surface area contributed by atoms with E-state index in [0.717, 1.165) is 22.3 Å². The molecule has 0 unspecified atom stereocenters. The van der Waals surface area contributed by atoms with Crippen molar-refractivity contribution in [3.05, 3.63) is 88.4 Å². The van der Waals surface area contributed by atoms with E-state index in [1.807, 2.05) is 43.3 Å². The van der Waals surface area contributed by atoms with Crippen LogP contribution in [0.5, 0.6) is 0 Å². The molecule has 3 aromatic rings. The monoisotopic (exact) mass is 492 g/mol. The van der Waals surface area contributed by atoms with Crippen LogP contribution in [0.1, 0.15) is 47.2 Å². The standard InChI is InChI=1S/C27H25ClN2O5/c1-2-17(14-25(31)30-24-13-16(26(32)33)11-12-23(24)28)29-27(34)35-15-22-20-9-5-3-7-18(20)19-8-4-6-10-21(19)22/h3-13,17,22H,2,14-15H2,1H3,(H,29,34)(H,30,31)(H,32,33)/t17-/m1/s1.